The van der Waals surface area contributed by atoms with Gasteiger partial charge in [-0.15, -0.1) is 0 Å². The summed E-state index contributed by atoms with van der Waals surface area (Å²) in [5.74, 6) is -0.408. The predicted molar refractivity (Wildman–Crippen MR) is 87.6 cm³/mol. The second-order valence-electron chi connectivity index (χ2n) is 5.26. The number of hydrogen-bond acceptors (Lipinski definition) is 2. The molecule has 0 radical (unpaired) electrons. The molecule has 0 bridgehead atoms. The summed E-state index contributed by atoms with van der Waals surface area (Å²) in [5, 5.41) is 3.46. The maximum atomic E-state index is 13.1. The topological polar surface area (TPSA) is 32.3 Å². The first-order chi connectivity index (χ1) is 10.5. The van der Waals surface area contributed by atoms with Gasteiger partial charge >= 0.3 is 0 Å². The van der Waals surface area contributed by atoms with Crippen LogP contribution in [0.1, 0.15) is 11.1 Å². The maximum absolute atomic E-state index is 13.1. The number of amides is 1. The van der Waals surface area contributed by atoms with Gasteiger partial charge in [0.15, 0.2) is 0 Å². The van der Waals surface area contributed by atoms with Gasteiger partial charge in [0.25, 0.3) is 0 Å². The molecule has 0 aliphatic heterocycles. The van der Waals surface area contributed by atoms with Crippen LogP contribution in [-0.4, -0.2) is 24.4 Å². The molecule has 0 saturated carbocycles. The van der Waals surface area contributed by atoms with E-state index in [0.717, 1.165) is 11.1 Å². The first-order valence-corrected chi connectivity index (χ1v) is 7.31. The second-order valence-corrected chi connectivity index (χ2v) is 5.67. The number of nitrogens with one attached hydrogen (secondary N) is 1. The molecule has 2 aromatic carbocycles. The lowest BCUT2D eigenvalue weighted by molar-refractivity contribution is -0.117. The van der Waals surface area contributed by atoms with Crippen molar-refractivity contribution in [3.63, 3.8) is 0 Å². The van der Waals surface area contributed by atoms with Gasteiger partial charge in [-0.25, -0.2) is 4.39 Å². The lowest BCUT2D eigenvalue weighted by atomic mass is 10.2. The van der Waals surface area contributed by atoms with Gasteiger partial charge in [0.05, 0.1) is 6.54 Å². The Hall–Kier alpha value is -1.91. The Bertz CT molecular complexity index is 675. The molecular formula is C17H18ClFN2O. The Morgan fingerprint density at radius 1 is 1.27 bits per heavy atom. The minimum absolute atomic E-state index is 0.135. The van der Waals surface area contributed by atoms with Crippen LogP contribution in [0.25, 0.3) is 0 Å². The molecule has 5 heteroatoms. The summed E-state index contributed by atoms with van der Waals surface area (Å²) >= 11 is 6.03. The van der Waals surface area contributed by atoms with E-state index < -0.39 is 0 Å². The first kappa shape index (κ1) is 16.5. The lowest BCUT2D eigenvalue weighted by Gasteiger charge is -2.17. The molecule has 2 rings (SSSR count). The van der Waals surface area contributed by atoms with Gasteiger partial charge in [-0.05, 0) is 49.4 Å². The van der Waals surface area contributed by atoms with Gasteiger partial charge in [-0.2, -0.15) is 0 Å². The number of rotatable bonds is 5. The van der Waals surface area contributed by atoms with E-state index in [1.54, 1.807) is 18.2 Å². The standard InChI is InChI=1S/C17H18ClFN2O/c1-12-15(18)7-4-8-16(12)20-17(22)11-21(2)10-13-5-3-6-14(19)9-13/h3-9H,10-11H2,1-2H3,(H,20,22). The van der Waals surface area contributed by atoms with Gasteiger partial charge in [-0.1, -0.05) is 29.8 Å². The summed E-state index contributed by atoms with van der Waals surface area (Å²) in [4.78, 5) is 13.9. The number of anilines is 1. The Kier molecular flexibility index (Phi) is 5.52. The highest BCUT2D eigenvalue weighted by Gasteiger charge is 2.10. The van der Waals surface area contributed by atoms with Gasteiger partial charge in [-0.3, -0.25) is 9.69 Å². The number of benzene rings is 2. The molecule has 3 nitrogen and oxygen atoms in total. The van der Waals surface area contributed by atoms with E-state index in [0.29, 0.717) is 17.3 Å². The monoisotopic (exact) mass is 320 g/mol. The molecule has 0 heterocycles. The zero-order valence-corrected chi connectivity index (χ0v) is 13.3. The molecule has 0 atom stereocenters. The molecule has 116 valence electrons. The Morgan fingerprint density at radius 3 is 2.73 bits per heavy atom. The molecule has 0 saturated heterocycles. The van der Waals surface area contributed by atoms with Crippen LogP contribution in [0.4, 0.5) is 10.1 Å². The summed E-state index contributed by atoms with van der Waals surface area (Å²) in [5.41, 5.74) is 2.37. The third kappa shape index (κ3) is 4.55. The molecule has 0 aliphatic rings. The van der Waals surface area contributed by atoms with Crippen molar-refractivity contribution < 1.29 is 9.18 Å². The fourth-order valence-electron chi connectivity index (χ4n) is 2.18. The molecule has 1 N–H and O–H groups in total. The molecule has 1 amide bonds. The van der Waals surface area contributed by atoms with Crippen LogP contribution >= 0.6 is 11.6 Å². The molecule has 22 heavy (non-hydrogen) atoms. The summed E-state index contributed by atoms with van der Waals surface area (Å²) < 4.78 is 13.1. The third-order valence-electron chi connectivity index (χ3n) is 3.30. The van der Waals surface area contributed by atoms with Crippen LogP contribution in [-0.2, 0) is 11.3 Å². The fourth-order valence-corrected chi connectivity index (χ4v) is 2.36. The van der Waals surface area contributed by atoms with E-state index in [-0.39, 0.29) is 18.3 Å². The van der Waals surface area contributed by atoms with Gasteiger partial charge in [0, 0.05) is 17.3 Å². The zero-order chi connectivity index (χ0) is 16.1. The highest BCUT2D eigenvalue weighted by atomic mass is 35.5. The highest BCUT2D eigenvalue weighted by molar-refractivity contribution is 6.31. The van der Waals surface area contributed by atoms with Crippen LogP contribution in [0.5, 0.6) is 0 Å². The first-order valence-electron chi connectivity index (χ1n) is 6.93. The quantitative estimate of drug-likeness (QED) is 0.907. The number of halogens is 2. The van der Waals surface area contributed by atoms with Gasteiger partial charge in [0.2, 0.25) is 5.91 Å². The Labute approximate surface area is 134 Å². The van der Waals surface area contributed by atoms with E-state index in [1.807, 2.05) is 31.0 Å². The molecule has 0 spiro atoms. The number of carbonyl (C=O) groups is 1. The van der Waals surface area contributed by atoms with E-state index in [9.17, 15) is 9.18 Å². The van der Waals surface area contributed by atoms with Crippen molar-refractivity contribution in [3.05, 3.63) is 64.4 Å². The van der Waals surface area contributed by atoms with Crippen molar-refractivity contribution >= 4 is 23.2 Å². The van der Waals surface area contributed by atoms with Crippen LogP contribution in [0, 0.1) is 12.7 Å². The highest BCUT2D eigenvalue weighted by Crippen LogP contribution is 2.22. The minimum atomic E-state index is -0.273. The van der Waals surface area contributed by atoms with Crippen molar-refractivity contribution in [2.45, 2.75) is 13.5 Å². The van der Waals surface area contributed by atoms with Crippen LogP contribution in [0.3, 0.4) is 0 Å². The van der Waals surface area contributed by atoms with Crippen LogP contribution in [0.15, 0.2) is 42.5 Å². The van der Waals surface area contributed by atoms with E-state index in [2.05, 4.69) is 5.32 Å². The van der Waals surface area contributed by atoms with E-state index >= 15 is 0 Å². The Balaban J connectivity index is 1.92. The molecule has 0 fully saturated rings. The van der Waals surface area contributed by atoms with E-state index in [4.69, 9.17) is 11.6 Å². The van der Waals surface area contributed by atoms with Gasteiger partial charge < -0.3 is 5.32 Å². The fraction of sp³-hybridized carbons (Fsp3) is 0.235. The molecule has 0 unspecified atom stereocenters. The molecule has 0 aliphatic carbocycles. The second kappa shape index (κ2) is 7.38. The van der Waals surface area contributed by atoms with Crippen LogP contribution < -0.4 is 5.32 Å². The smallest absolute Gasteiger partial charge is 0.238 e. The normalized spacial score (nSPS) is 10.8. The number of nitrogens with zero attached hydrogens (tertiary/aromatic N) is 1. The average molecular weight is 321 g/mol. The maximum Gasteiger partial charge on any atom is 0.238 e. The average Bonchev–Trinajstić information content (AvgIpc) is 2.43. The number of likely N-dealkylation sites (N-methyl/N-ethyl adjacent to an activating group) is 1. The summed E-state index contributed by atoms with van der Waals surface area (Å²) in [6, 6.07) is 11.7. The van der Waals surface area contributed by atoms with Gasteiger partial charge in [0.1, 0.15) is 5.82 Å². The SMILES string of the molecule is Cc1c(Cl)cccc1NC(=O)CN(C)Cc1cccc(F)c1. The molecule has 2 aromatic rings. The largest absolute Gasteiger partial charge is 0.325 e. The Morgan fingerprint density at radius 2 is 2.00 bits per heavy atom. The zero-order valence-electron chi connectivity index (χ0n) is 12.6. The van der Waals surface area contributed by atoms with Crippen molar-refractivity contribution in [2.24, 2.45) is 0 Å². The molecule has 0 aromatic heterocycles. The minimum Gasteiger partial charge on any atom is -0.325 e. The van der Waals surface area contributed by atoms with Crippen molar-refractivity contribution in [3.8, 4) is 0 Å². The number of hydrogen-bond donors (Lipinski definition) is 1. The predicted octanol–water partition coefficient (Wildman–Crippen LogP) is 3.86. The van der Waals surface area contributed by atoms with Crippen LogP contribution in [0.2, 0.25) is 5.02 Å². The summed E-state index contributed by atoms with van der Waals surface area (Å²) in [6.07, 6.45) is 0. The van der Waals surface area contributed by atoms with Crippen molar-refractivity contribution in [1.29, 1.82) is 0 Å². The number of carbonyl (C=O) groups excluding carboxylic acids is 1. The van der Waals surface area contributed by atoms with Crippen molar-refractivity contribution in [2.75, 3.05) is 18.9 Å². The lowest BCUT2D eigenvalue weighted by Crippen LogP contribution is -2.30. The summed E-state index contributed by atoms with van der Waals surface area (Å²) in [6.45, 7) is 2.57. The third-order valence-corrected chi connectivity index (χ3v) is 3.71. The summed E-state index contributed by atoms with van der Waals surface area (Å²) in [7, 11) is 1.81. The molecular weight excluding hydrogens is 303 g/mol. The van der Waals surface area contributed by atoms with Crippen molar-refractivity contribution in [1.82, 2.24) is 4.90 Å². The van der Waals surface area contributed by atoms with E-state index in [1.165, 1.54) is 12.1 Å².